The Bertz CT molecular complexity index is 799. The summed E-state index contributed by atoms with van der Waals surface area (Å²) in [6, 6.07) is 1.73. The van der Waals surface area contributed by atoms with E-state index in [9.17, 15) is 14.4 Å². The van der Waals surface area contributed by atoms with Crippen molar-refractivity contribution in [1.82, 2.24) is 10.3 Å². The maximum Gasteiger partial charge on any atom is 0.306 e. The van der Waals surface area contributed by atoms with E-state index in [1.165, 1.54) is 0 Å². The molecule has 0 aliphatic carbocycles. The molecule has 0 radical (unpaired) electrons. The highest BCUT2D eigenvalue weighted by Gasteiger charge is 2.46. The highest BCUT2D eigenvalue weighted by atomic mass is 16.7. The molecule has 0 spiro atoms. The van der Waals surface area contributed by atoms with Gasteiger partial charge in [-0.15, -0.1) is 0 Å². The molecule has 8 nitrogen and oxygen atoms in total. The lowest BCUT2D eigenvalue weighted by Gasteiger charge is -2.45. The molecule has 0 aromatic carbocycles. The fourth-order valence-corrected chi connectivity index (χ4v) is 3.71. The van der Waals surface area contributed by atoms with Crippen LogP contribution in [0, 0.1) is 5.41 Å². The molecule has 1 saturated heterocycles. The SMILES string of the molecule is CCCCCC(=O)NCCCOC(=O)CCc1[nH]ccc1C(=O)C1OC(C)(C)OCC1(C)C. The van der Waals surface area contributed by atoms with Crippen molar-refractivity contribution in [1.29, 1.82) is 0 Å². The Morgan fingerprint density at radius 2 is 1.91 bits per heavy atom. The van der Waals surface area contributed by atoms with Gasteiger partial charge in [-0.25, -0.2) is 0 Å². The smallest absolute Gasteiger partial charge is 0.306 e. The Hall–Kier alpha value is -2.19. The molecule has 1 atom stereocenters. The van der Waals surface area contributed by atoms with E-state index in [2.05, 4.69) is 17.2 Å². The van der Waals surface area contributed by atoms with Crippen LogP contribution >= 0.6 is 0 Å². The van der Waals surface area contributed by atoms with Gasteiger partial charge in [0.15, 0.2) is 11.6 Å². The van der Waals surface area contributed by atoms with Gasteiger partial charge < -0.3 is 24.5 Å². The molecule has 1 unspecified atom stereocenters. The Balaban J connectivity index is 1.76. The minimum Gasteiger partial charge on any atom is -0.466 e. The van der Waals surface area contributed by atoms with Crippen molar-refractivity contribution in [2.24, 2.45) is 5.41 Å². The molecule has 186 valence electrons. The molecule has 2 rings (SSSR count). The summed E-state index contributed by atoms with van der Waals surface area (Å²) in [5.74, 6) is -1.24. The van der Waals surface area contributed by atoms with Gasteiger partial charge in [-0.05, 0) is 39.2 Å². The molecule has 1 aliphatic heterocycles. The van der Waals surface area contributed by atoms with E-state index in [-0.39, 0.29) is 30.7 Å². The highest BCUT2D eigenvalue weighted by molar-refractivity contribution is 6.01. The fraction of sp³-hybridized carbons (Fsp3) is 0.720. The van der Waals surface area contributed by atoms with Crippen molar-refractivity contribution in [3.8, 4) is 0 Å². The monoisotopic (exact) mass is 464 g/mol. The number of rotatable bonds is 13. The molecule has 2 heterocycles. The number of esters is 1. The van der Waals surface area contributed by atoms with Crippen LogP contribution in [0.4, 0.5) is 0 Å². The van der Waals surface area contributed by atoms with Gasteiger partial charge in [0.25, 0.3) is 0 Å². The number of hydrogen-bond donors (Lipinski definition) is 2. The fourth-order valence-electron chi connectivity index (χ4n) is 3.71. The number of nitrogens with one attached hydrogen (secondary N) is 2. The normalized spacial score (nSPS) is 19.1. The van der Waals surface area contributed by atoms with Gasteiger partial charge in [0.2, 0.25) is 5.91 Å². The molecule has 1 aliphatic rings. The van der Waals surface area contributed by atoms with Crippen molar-refractivity contribution in [3.63, 3.8) is 0 Å². The predicted molar refractivity (Wildman–Crippen MR) is 125 cm³/mol. The van der Waals surface area contributed by atoms with E-state index in [1.807, 2.05) is 13.8 Å². The van der Waals surface area contributed by atoms with Crippen LogP contribution in [-0.2, 0) is 30.2 Å². The van der Waals surface area contributed by atoms with E-state index in [0.29, 0.717) is 43.7 Å². The number of carbonyl (C=O) groups is 3. The lowest BCUT2D eigenvalue weighted by Crippen LogP contribution is -2.53. The number of unbranched alkanes of at least 4 members (excludes halogenated alkanes) is 2. The number of ether oxygens (including phenoxy) is 3. The summed E-state index contributed by atoms with van der Waals surface area (Å²) < 4.78 is 16.9. The third kappa shape index (κ3) is 8.59. The number of hydrogen-bond acceptors (Lipinski definition) is 6. The standard InChI is InChI=1S/C25H40N2O6/c1-6-7-8-10-20(28)27-14-9-16-31-21(29)12-11-19-18(13-15-26-19)22(30)23-24(2,3)17-32-25(4,5)33-23/h13,15,23,26H,6-12,14,16-17H2,1-5H3,(H,27,28). The maximum absolute atomic E-state index is 13.3. The number of amides is 1. The van der Waals surface area contributed by atoms with Gasteiger partial charge in [0.1, 0.15) is 6.10 Å². The lowest BCUT2D eigenvalue weighted by molar-refractivity contribution is -0.298. The molecule has 0 saturated carbocycles. The van der Waals surface area contributed by atoms with Crippen LogP contribution in [0.3, 0.4) is 0 Å². The first-order valence-electron chi connectivity index (χ1n) is 12.0. The van der Waals surface area contributed by atoms with Crippen molar-refractivity contribution >= 4 is 17.7 Å². The number of Topliss-reactive ketones (excluding diaryl/α,β-unsaturated/α-hetero) is 1. The summed E-state index contributed by atoms with van der Waals surface area (Å²) in [7, 11) is 0. The van der Waals surface area contributed by atoms with Crippen LogP contribution < -0.4 is 5.32 Å². The Morgan fingerprint density at radius 3 is 2.64 bits per heavy atom. The van der Waals surface area contributed by atoms with Gasteiger partial charge in [-0.2, -0.15) is 0 Å². The molecule has 1 aromatic heterocycles. The minimum absolute atomic E-state index is 0.0405. The van der Waals surface area contributed by atoms with E-state index >= 15 is 0 Å². The zero-order chi connectivity index (χ0) is 24.5. The second kappa shape index (κ2) is 12.3. The number of aromatic nitrogens is 1. The predicted octanol–water partition coefficient (Wildman–Crippen LogP) is 3.94. The van der Waals surface area contributed by atoms with Gasteiger partial charge in [-0.3, -0.25) is 14.4 Å². The first-order valence-corrected chi connectivity index (χ1v) is 12.0. The van der Waals surface area contributed by atoms with E-state index < -0.39 is 17.3 Å². The van der Waals surface area contributed by atoms with Crippen LogP contribution in [0.25, 0.3) is 0 Å². The van der Waals surface area contributed by atoms with Gasteiger partial charge >= 0.3 is 5.97 Å². The van der Waals surface area contributed by atoms with Crippen molar-refractivity contribution in [2.45, 2.75) is 91.5 Å². The van der Waals surface area contributed by atoms with Crippen LogP contribution in [0.5, 0.6) is 0 Å². The zero-order valence-corrected chi connectivity index (χ0v) is 20.8. The third-order valence-corrected chi connectivity index (χ3v) is 5.73. The van der Waals surface area contributed by atoms with Gasteiger partial charge in [-0.1, -0.05) is 33.6 Å². The summed E-state index contributed by atoms with van der Waals surface area (Å²) in [6.07, 6.45) is 5.74. The number of H-pyrrole nitrogens is 1. The Morgan fingerprint density at radius 1 is 1.15 bits per heavy atom. The van der Waals surface area contributed by atoms with E-state index in [4.69, 9.17) is 14.2 Å². The largest absolute Gasteiger partial charge is 0.466 e. The first kappa shape index (κ1) is 27.1. The molecule has 1 fully saturated rings. The summed E-state index contributed by atoms with van der Waals surface area (Å²) in [5.41, 5.74) is 0.759. The number of aromatic amines is 1. The number of carbonyl (C=O) groups excluding carboxylic acids is 3. The topological polar surface area (TPSA) is 107 Å². The molecule has 33 heavy (non-hydrogen) atoms. The van der Waals surface area contributed by atoms with Crippen LogP contribution in [0.15, 0.2) is 12.3 Å². The number of ketones is 1. The second-order valence-corrected chi connectivity index (χ2v) is 9.79. The molecule has 1 amide bonds. The minimum atomic E-state index is -0.828. The molecule has 0 bridgehead atoms. The number of aryl methyl sites for hydroxylation is 1. The first-order chi connectivity index (χ1) is 15.6. The molecule has 1 aromatic rings. The highest BCUT2D eigenvalue weighted by Crippen LogP contribution is 2.36. The second-order valence-electron chi connectivity index (χ2n) is 9.79. The Kier molecular flexibility index (Phi) is 10.1. The van der Waals surface area contributed by atoms with Crippen molar-refractivity contribution < 1.29 is 28.6 Å². The lowest BCUT2D eigenvalue weighted by atomic mass is 9.81. The van der Waals surface area contributed by atoms with Crippen LogP contribution in [0.1, 0.15) is 89.2 Å². The molecular weight excluding hydrogens is 424 g/mol. The zero-order valence-electron chi connectivity index (χ0n) is 20.8. The Labute approximate surface area is 197 Å². The van der Waals surface area contributed by atoms with Crippen LogP contribution in [-0.4, -0.2) is 54.3 Å². The molecule has 2 N–H and O–H groups in total. The maximum atomic E-state index is 13.3. The van der Waals surface area contributed by atoms with Crippen molar-refractivity contribution in [2.75, 3.05) is 19.8 Å². The average molecular weight is 465 g/mol. The van der Waals surface area contributed by atoms with Gasteiger partial charge in [0.05, 0.1) is 19.6 Å². The quantitative estimate of drug-likeness (QED) is 0.260. The van der Waals surface area contributed by atoms with Crippen LogP contribution in [0.2, 0.25) is 0 Å². The molecule has 8 heteroatoms. The van der Waals surface area contributed by atoms with Gasteiger partial charge in [0, 0.05) is 35.8 Å². The van der Waals surface area contributed by atoms with E-state index in [0.717, 1.165) is 19.3 Å². The summed E-state index contributed by atoms with van der Waals surface area (Å²) in [4.78, 5) is 40.1. The summed E-state index contributed by atoms with van der Waals surface area (Å²) in [5, 5.41) is 2.84. The average Bonchev–Trinajstić information content (AvgIpc) is 3.22. The van der Waals surface area contributed by atoms with Crippen molar-refractivity contribution in [3.05, 3.63) is 23.5 Å². The summed E-state index contributed by atoms with van der Waals surface area (Å²) >= 11 is 0. The molecular formula is C25H40N2O6. The van der Waals surface area contributed by atoms with E-state index in [1.54, 1.807) is 26.1 Å². The summed E-state index contributed by atoms with van der Waals surface area (Å²) in [6.45, 7) is 10.8. The third-order valence-electron chi connectivity index (χ3n) is 5.73.